The van der Waals surface area contributed by atoms with Crippen molar-refractivity contribution >= 4 is 52.8 Å². The number of benzene rings is 6. The minimum atomic E-state index is -7.99. The molecule has 1 aliphatic heterocycles. The Labute approximate surface area is 449 Å². The molecule has 0 bridgehead atoms. The van der Waals surface area contributed by atoms with Crippen LogP contribution in [-0.2, 0) is 18.9 Å². The zero-order valence-electron chi connectivity index (χ0n) is 39.4. The summed E-state index contributed by atoms with van der Waals surface area (Å²) in [6, 6.07) is 0. The molecule has 0 aromatic heterocycles. The van der Waals surface area contributed by atoms with E-state index >= 15 is 105 Å². The Morgan fingerprint density at radius 2 is 0.256 bits per heavy atom. The van der Waals surface area contributed by atoms with E-state index in [0.29, 0.717) is 52.9 Å². The van der Waals surface area contributed by atoms with Crippen molar-refractivity contribution in [2.24, 2.45) is 0 Å². The molecule has 1 aliphatic rings. The Hall–Kier alpha value is -5.78. The van der Waals surface area contributed by atoms with E-state index in [1.54, 1.807) is 0 Å². The van der Waals surface area contributed by atoms with Gasteiger partial charge in [0.05, 0.1) is 52.9 Å². The Kier molecular flexibility index (Phi) is 20.9. The zero-order valence-corrected chi connectivity index (χ0v) is 40.5. The molecule has 6 aromatic carbocycles. The fraction of sp³-hybridized carbons (Fsp3) is 0.182. The average molecular weight is 1240 g/mol. The molecule has 0 aliphatic carbocycles. The van der Waals surface area contributed by atoms with Crippen molar-refractivity contribution < 1.29 is 170 Å². The van der Waals surface area contributed by atoms with Crippen LogP contribution in [0.5, 0.6) is 0 Å². The van der Waals surface area contributed by atoms with Gasteiger partial charge in [-0.1, -0.05) is 32.8 Å². The molecule has 1 fully saturated rings. The van der Waals surface area contributed by atoms with Gasteiger partial charge >= 0.3 is 18.9 Å². The van der Waals surface area contributed by atoms with Gasteiger partial charge in [0.15, 0.2) is 105 Å². The van der Waals surface area contributed by atoms with Crippen LogP contribution in [0.1, 0.15) is 0 Å². The Balaban J connectivity index is 0.000000840. The van der Waals surface area contributed by atoms with Gasteiger partial charge < -0.3 is 27.3 Å². The van der Waals surface area contributed by atoms with Crippen LogP contribution in [0.25, 0.3) is 0 Å². The monoisotopic (exact) mass is 1240 g/mol. The van der Waals surface area contributed by atoms with Crippen molar-refractivity contribution in [3.8, 4) is 0 Å². The molecule has 440 valence electrons. The molecule has 1 saturated heterocycles. The number of hydrogen-bond donors (Lipinski definition) is 0. The fourth-order valence-corrected chi connectivity index (χ4v) is 12.7. The number of halogens is 30. The fourth-order valence-electron chi connectivity index (χ4n) is 8.89. The average Bonchev–Trinajstić information content (AvgIpc) is 3.12. The zero-order chi connectivity index (χ0) is 61.0. The van der Waals surface area contributed by atoms with Crippen molar-refractivity contribution in [3.63, 3.8) is 0 Å². The largest absolute Gasteiger partial charge is 1.00 e. The molecule has 0 N–H and O–H groups in total. The summed E-state index contributed by atoms with van der Waals surface area (Å²) in [6.45, 7) is 5.14. The molecular weight excluding hydrogens is 1220 g/mol. The summed E-state index contributed by atoms with van der Waals surface area (Å²) in [5, 5.41) is 0. The van der Waals surface area contributed by atoms with Crippen molar-refractivity contribution in [1.82, 2.24) is 0 Å². The number of rotatable bonds is 8. The molecule has 0 amide bonds. The van der Waals surface area contributed by atoms with E-state index in [9.17, 15) is 26.3 Å². The summed E-state index contributed by atoms with van der Waals surface area (Å²) in [5.41, 5.74) is -24.6. The first-order valence-corrected chi connectivity index (χ1v) is 22.7. The Bertz CT molecular complexity index is 2770. The van der Waals surface area contributed by atoms with Crippen molar-refractivity contribution in [1.29, 1.82) is 0 Å². The Morgan fingerprint density at radius 3 is 0.354 bits per heavy atom. The molecular formula is C44H18B2F30LiO4P. The first-order chi connectivity index (χ1) is 37.8. The molecule has 0 spiro atoms. The van der Waals surface area contributed by atoms with Gasteiger partial charge in [-0.2, -0.15) is 0 Å². The molecule has 0 unspecified atom stereocenters. The minimum absolute atomic E-state index is 0. The van der Waals surface area contributed by atoms with E-state index in [2.05, 4.69) is 0 Å². The van der Waals surface area contributed by atoms with E-state index in [1.165, 1.54) is 0 Å². The molecule has 0 atom stereocenters. The topological polar surface area (TPSA) is 36.9 Å². The molecule has 38 heteroatoms. The predicted molar refractivity (Wildman–Crippen MR) is 220 cm³/mol. The summed E-state index contributed by atoms with van der Waals surface area (Å²) in [6.07, 6.45) is 0. The first kappa shape index (κ1) is 67.0. The molecule has 1 heterocycles. The number of ether oxygens (including phenoxy) is 4. The van der Waals surface area contributed by atoms with E-state index in [4.69, 9.17) is 18.9 Å². The second kappa shape index (κ2) is 25.6. The SMILES string of the molecule is C1COCCOCCOCCO1.Fc1c(F)c(F)c([B-]([PH2+][B-](c2c(F)c(F)c(F)c(F)c2F)(c2c(F)c(F)c(F)c(F)c2F)c2c(F)c(F)c(F)c(F)c2F)(c2c(F)c(F)c(F)c(F)c2F)c2c(F)c(F)c(F)c(F)c2F)c(F)c1F.[Li+]. The summed E-state index contributed by atoms with van der Waals surface area (Å²) < 4.78 is 491. The van der Waals surface area contributed by atoms with Crippen molar-refractivity contribution in [2.45, 2.75) is 0 Å². The van der Waals surface area contributed by atoms with Crippen molar-refractivity contribution in [2.75, 3.05) is 52.9 Å². The summed E-state index contributed by atoms with van der Waals surface area (Å²) in [5.74, 6) is -136. The smallest absolute Gasteiger partial charge is 0.377 e. The standard InChI is InChI=1S/C36H2B2F30P.C8H16O4.Li/c39-7-1(8(40)20(52)31(63)19(7)51)37(2-9(41)21(53)32(64)22(54)10(2)42,3-11(43)23(55)33(65)24(56)12(3)44)69-38(4-13(45)25(57)34(66)26(58)14(4)46,5-15(47)27(59)35(67)28(60)16(5)48)6-17(49)29(61)36(68)30(62)18(6)50;1-2-10-5-6-12-8-7-11-4-3-9-1;/h69H2;1-8H2;/q-1;;+1. The molecule has 0 radical (unpaired) electrons. The van der Waals surface area contributed by atoms with Gasteiger partial charge in [-0.3, -0.25) is 0 Å². The third-order valence-corrected chi connectivity index (χ3v) is 15.4. The van der Waals surface area contributed by atoms with E-state index in [0.717, 1.165) is 0 Å². The summed E-state index contributed by atoms with van der Waals surface area (Å²) >= 11 is 0. The van der Waals surface area contributed by atoms with Gasteiger partial charge in [-0.15, -0.1) is 0 Å². The van der Waals surface area contributed by atoms with Crippen molar-refractivity contribution in [3.05, 3.63) is 175 Å². The maximum atomic E-state index is 16.5. The predicted octanol–water partition coefficient (Wildman–Crippen LogP) is 5.97. The van der Waals surface area contributed by atoms with Crippen LogP contribution >= 0.6 is 8.34 Å². The van der Waals surface area contributed by atoms with Gasteiger partial charge in [0.25, 0.3) is 0 Å². The van der Waals surface area contributed by atoms with Gasteiger partial charge in [-0.25, -0.2) is 132 Å². The van der Waals surface area contributed by atoms with Crippen LogP contribution in [0.2, 0.25) is 0 Å². The molecule has 82 heavy (non-hydrogen) atoms. The quantitative estimate of drug-likeness (QED) is 0.0620. The van der Waals surface area contributed by atoms with Gasteiger partial charge in [0.1, 0.15) is 69.8 Å². The van der Waals surface area contributed by atoms with Crippen LogP contribution in [0.3, 0.4) is 0 Å². The van der Waals surface area contributed by atoms with E-state index in [-0.39, 0.29) is 18.9 Å². The van der Waals surface area contributed by atoms with Crippen LogP contribution in [0.15, 0.2) is 0 Å². The molecule has 7 rings (SSSR count). The van der Waals surface area contributed by atoms with E-state index in [1.807, 2.05) is 0 Å². The van der Waals surface area contributed by atoms with Gasteiger partial charge in [-0.05, 0) is 0 Å². The third kappa shape index (κ3) is 10.8. The summed E-state index contributed by atoms with van der Waals surface area (Å²) in [4.78, 5) is 0. The molecule has 4 nitrogen and oxygen atoms in total. The second-order valence-corrected chi connectivity index (χ2v) is 18.8. The van der Waals surface area contributed by atoms with Crippen LogP contribution in [0.4, 0.5) is 132 Å². The summed E-state index contributed by atoms with van der Waals surface area (Å²) in [7, 11) is -6.18. The Morgan fingerprint density at radius 1 is 0.171 bits per heavy atom. The second-order valence-electron chi connectivity index (χ2n) is 16.4. The number of hydrogen-bond acceptors (Lipinski definition) is 4. The molecule has 6 aromatic rings. The van der Waals surface area contributed by atoms with E-state index < -0.39 is 227 Å². The third-order valence-electron chi connectivity index (χ3n) is 12.3. The van der Waals surface area contributed by atoms with Crippen LogP contribution in [0, 0.1) is 175 Å². The van der Waals surface area contributed by atoms with Gasteiger partial charge in [0, 0.05) is 0 Å². The van der Waals surface area contributed by atoms with Gasteiger partial charge in [0.2, 0.25) is 11.7 Å². The first-order valence-electron chi connectivity index (χ1n) is 21.4. The maximum Gasteiger partial charge on any atom is 1.00 e. The molecule has 0 saturated carbocycles. The normalized spacial score (nSPS) is 13.8. The van der Waals surface area contributed by atoms with Crippen LogP contribution in [-0.4, -0.2) is 64.6 Å². The van der Waals surface area contributed by atoms with Crippen LogP contribution < -0.4 is 51.6 Å². The minimum Gasteiger partial charge on any atom is -0.377 e. The maximum absolute atomic E-state index is 16.5.